The van der Waals surface area contributed by atoms with E-state index in [1.54, 1.807) is 37.3 Å². The van der Waals surface area contributed by atoms with E-state index in [1.807, 2.05) is 51.2 Å². The van der Waals surface area contributed by atoms with Crippen LogP contribution in [0, 0.1) is 0 Å². The van der Waals surface area contributed by atoms with Gasteiger partial charge in [0.05, 0.1) is 6.61 Å². The van der Waals surface area contributed by atoms with E-state index in [1.165, 1.54) is 6.08 Å². The Hall–Kier alpha value is -2.62. The molecule has 132 valence electrons. The van der Waals surface area contributed by atoms with Gasteiger partial charge in [-0.2, -0.15) is 0 Å². The molecule has 0 atom stereocenters. The third-order valence-electron chi connectivity index (χ3n) is 2.41. The van der Waals surface area contributed by atoms with Crippen LogP contribution in [0.25, 0.3) is 0 Å². The summed E-state index contributed by atoms with van der Waals surface area (Å²) in [7, 11) is 0. The van der Waals surface area contributed by atoms with Crippen molar-refractivity contribution in [3.63, 3.8) is 0 Å². The molecule has 0 radical (unpaired) electrons. The number of carboxylic acid groups (broad SMARTS) is 1. The molecule has 0 rings (SSSR count). The minimum absolute atomic E-state index is 0.303. The molecule has 0 aromatic heterocycles. The van der Waals surface area contributed by atoms with Crippen molar-refractivity contribution in [1.29, 1.82) is 0 Å². The van der Waals surface area contributed by atoms with Gasteiger partial charge in [0.1, 0.15) is 0 Å². The van der Waals surface area contributed by atoms with E-state index in [0.29, 0.717) is 18.6 Å². The molecule has 0 bridgehead atoms. The summed E-state index contributed by atoms with van der Waals surface area (Å²) >= 11 is 0. The van der Waals surface area contributed by atoms with E-state index in [0.717, 1.165) is 0 Å². The van der Waals surface area contributed by atoms with Gasteiger partial charge in [-0.15, -0.1) is 0 Å². The monoisotopic (exact) mass is 332 g/mol. The van der Waals surface area contributed by atoms with Crippen LogP contribution in [-0.4, -0.2) is 23.7 Å². The molecule has 4 heteroatoms. The van der Waals surface area contributed by atoms with Crippen molar-refractivity contribution in [3.05, 3.63) is 72.4 Å². The van der Waals surface area contributed by atoms with Crippen molar-refractivity contribution in [1.82, 2.24) is 0 Å². The third kappa shape index (κ3) is 17.4. The largest absolute Gasteiger partial charge is 0.478 e. The van der Waals surface area contributed by atoms with Gasteiger partial charge in [0.15, 0.2) is 0 Å². The Morgan fingerprint density at radius 1 is 0.875 bits per heavy atom. The Morgan fingerprint density at radius 3 is 1.88 bits per heavy atom. The number of carbonyl (C=O) groups excluding carboxylic acids is 1. The molecule has 0 heterocycles. The number of carboxylic acids is 1. The van der Waals surface area contributed by atoms with Crippen molar-refractivity contribution in [2.45, 2.75) is 34.1 Å². The molecule has 0 aliphatic carbocycles. The molecule has 0 aromatic rings. The topological polar surface area (TPSA) is 63.6 Å². The Labute approximate surface area is 145 Å². The normalized spacial score (nSPS) is 12.4. The average Bonchev–Trinajstić information content (AvgIpc) is 2.55. The molecule has 0 aliphatic heterocycles. The van der Waals surface area contributed by atoms with Gasteiger partial charge >= 0.3 is 11.9 Å². The van der Waals surface area contributed by atoms with Crippen LogP contribution in [0.1, 0.15) is 34.1 Å². The van der Waals surface area contributed by atoms with Crippen molar-refractivity contribution in [2.75, 3.05) is 6.61 Å². The van der Waals surface area contributed by atoms with Gasteiger partial charge in [-0.1, -0.05) is 67.7 Å². The fraction of sp³-hybridized carbons (Fsp3) is 0.300. The highest BCUT2D eigenvalue weighted by atomic mass is 16.5. The SMILES string of the molecule is CC=CC=CC=C(CC)C(=O)O.CC=CC=CC=CC(=O)OCC. The summed E-state index contributed by atoms with van der Waals surface area (Å²) in [5.41, 5.74) is 0.427. The lowest BCUT2D eigenvalue weighted by molar-refractivity contribution is -0.137. The molecule has 0 saturated carbocycles. The summed E-state index contributed by atoms with van der Waals surface area (Å²) in [6, 6.07) is 0. The summed E-state index contributed by atoms with van der Waals surface area (Å²) in [4.78, 5) is 21.2. The summed E-state index contributed by atoms with van der Waals surface area (Å²) < 4.78 is 4.67. The number of carbonyl (C=O) groups is 2. The van der Waals surface area contributed by atoms with E-state index in [9.17, 15) is 9.59 Å². The van der Waals surface area contributed by atoms with Crippen molar-refractivity contribution < 1.29 is 19.4 Å². The van der Waals surface area contributed by atoms with Gasteiger partial charge in [-0.05, 0) is 27.2 Å². The van der Waals surface area contributed by atoms with Crippen molar-refractivity contribution in [3.8, 4) is 0 Å². The second-order valence-corrected chi connectivity index (χ2v) is 4.28. The lowest BCUT2D eigenvalue weighted by atomic mass is 10.2. The second-order valence-electron chi connectivity index (χ2n) is 4.28. The van der Waals surface area contributed by atoms with Gasteiger partial charge in [0.25, 0.3) is 0 Å². The van der Waals surface area contributed by atoms with Crippen LogP contribution in [0.5, 0.6) is 0 Å². The maximum Gasteiger partial charge on any atom is 0.331 e. The van der Waals surface area contributed by atoms with Crippen LogP contribution in [-0.2, 0) is 14.3 Å². The predicted molar refractivity (Wildman–Crippen MR) is 99.7 cm³/mol. The standard InChI is InChI=1S/2C10H14O2/c1-3-5-6-7-8-9-10(11)12-4-2;1-3-5-6-7-8-9(4-2)10(11)12/h3,5-9H,4H2,1-2H3;3,5-8H,4H2,1-2H3,(H,11,12). The summed E-state index contributed by atoms with van der Waals surface area (Å²) in [6.45, 7) is 7.86. The van der Waals surface area contributed by atoms with Gasteiger partial charge < -0.3 is 9.84 Å². The van der Waals surface area contributed by atoms with Gasteiger partial charge in [-0.25, -0.2) is 9.59 Å². The molecule has 24 heavy (non-hydrogen) atoms. The highest BCUT2D eigenvalue weighted by molar-refractivity contribution is 5.86. The molecule has 0 amide bonds. The minimum atomic E-state index is -0.845. The number of hydrogen-bond donors (Lipinski definition) is 1. The van der Waals surface area contributed by atoms with Crippen LogP contribution in [0.3, 0.4) is 0 Å². The molecule has 0 spiro atoms. The fourth-order valence-electron chi connectivity index (χ4n) is 1.25. The number of rotatable bonds is 8. The highest BCUT2D eigenvalue weighted by Crippen LogP contribution is 2.00. The number of esters is 1. The first-order chi connectivity index (χ1) is 11.5. The first-order valence-electron chi connectivity index (χ1n) is 7.87. The third-order valence-corrected chi connectivity index (χ3v) is 2.41. The first kappa shape index (κ1) is 23.6. The van der Waals surface area contributed by atoms with Crippen molar-refractivity contribution >= 4 is 11.9 Å². The Morgan fingerprint density at radius 2 is 1.42 bits per heavy atom. The molecule has 1 N–H and O–H groups in total. The van der Waals surface area contributed by atoms with Crippen LogP contribution in [0.2, 0.25) is 0 Å². The molecule has 4 nitrogen and oxygen atoms in total. The van der Waals surface area contributed by atoms with E-state index in [-0.39, 0.29) is 5.97 Å². The zero-order valence-corrected chi connectivity index (χ0v) is 14.9. The minimum Gasteiger partial charge on any atom is -0.478 e. The summed E-state index contributed by atoms with van der Waals surface area (Å²) in [5.74, 6) is -1.15. The van der Waals surface area contributed by atoms with E-state index in [4.69, 9.17) is 5.11 Å². The lowest BCUT2D eigenvalue weighted by Gasteiger charge is -1.92. The lowest BCUT2D eigenvalue weighted by Crippen LogP contribution is -1.98. The zero-order valence-electron chi connectivity index (χ0n) is 14.9. The Bertz CT molecular complexity index is 516. The number of hydrogen-bond acceptors (Lipinski definition) is 3. The zero-order chi connectivity index (χ0) is 18.6. The van der Waals surface area contributed by atoms with Gasteiger partial charge in [0, 0.05) is 11.6 Å². The second kappa shape index (κ2) is 18.4. The highest BCUT2D eigenvalue weighted by Gasteiger charge is 2.00. The van der Waals surface area contributed by atoms with Gasteiger partial charge in [-0.3, -0.25) is 0 Å². The maximum absolute atomic E-state index is 10.7. The molecule has 0 fully saturated rings. The predicted octanol–water partition coefficient (Wildman–Crippen LogP) is 4.78. The smallest absolute Gasteiger partial charge is 0.331 e. The molecule has 0 aliphatic rings. The molecule has 0 unspecified atom stereocenters. The maximum atomic E-state index is 10.7. The average molecular weight is 332 g/mol. The number of allylic oxidation sites excluding steroid dienone is 10. The number of aliphatic carboxylic acids is 1. The summed E-state index contributed by atoms with van der Waals surface area (Å²) in [5, 5.41) is 8.61. The molecular weight excluding hydrogens is 304 g/mol. The van der Waals surface area contributed by atoms with Gasteiger partial charge in [0.2, 0.25) is 0 Å². The van der Waals surface area contributed by atoms with E-state index in [2.05, 4.69) is 4.74 Å². The summed E-state index contributed by atoms with van der Waals surface area (Å²) in [6.07, 6.45) is 19.9. The molecule has 0 saturated heterocycles. The van der Waals surface area contributed by atoms with E-state index < -0.39 is 5.97 Å². The Kier molecular flexibility index (Phi) is 18.2. The molecule has 0 aromatic carbocycles. The Balaban J connectivity index is 0. The van der Waals surface area contributed by atoms with Crippen molar-refractivity contribution in [2.24, 2.45) is 0 Å². The molecular formula is C20H28O4. The van der Waals surface area contributed by atoms with Crippen LogP contribution in [0.4, 0.5) is 0 Å². The van der Waals surface area contributed by atoms with Crippen LogP contribution in [0.15, 0.2) is 72.4 Å². The fourth-order valence-corrected chi connectivity index (χ4v) is 1.25. The quantitative estimate of drug-likeness (QED) is 0.395. The van der Waals surface area contributed by atoms with Crippen LogP contribution < -0.4 is 0 Å². The first-order valence-corrected chi connectivity index (χ1v) is 7.87. The van der Waals surface area contributed by atoms with Crippen LogP contribution >= 0.6 is 0 Å². The number of ether oxygens (including phenoxy) is 1. The van der Waals surface area contributed by atoms with E-state index >= 15 is 0 Å².